The van der Waals surface area contributed by atoms with E-state index >= 15 is 0 Å². The van der Waals surface area contributed by atoms with Crippen molar-refractivity contribution in [1.82, 2.24) is 4.98 Å². The Hall–Kier alpha value is -0.890. The van der Waals surface area contributed by atoms with Crippen LogP contribution in [0.5, 0.6) is 0 Å². The van der Waals surface area contributed by atoms with Gasteiger partial charge in [0.2, 0.25) is 0 Å². The Morgan fingerprint density at radius 1 is 1.70 bits per heavy atom. The predicted octanol–water partition coefficient (Wildman–Crippen LogP) is 2.82. The van der Waals surface area contributed by atoms with E-state index in [1.807, 2.05) is 24.6 Å². The topological polar surface area (TPSA) is 12.9 Å². The minimum atomic E-state index is 0.975. The van der Waals surface area contributed by atoms with E-state index in [1.165, 1.54) is 4.88 Å². The fourth-order valence-corrected chi connectivity index (χ4v) is 1.44. The average Bonchev–Trinajstić information content (AvgIpc) is 2.36. The third kappa shape index (κ3) is 1.33. The highest BCUT2D eigenvalue weighted by Crippen LogP contribution is 2.15. The summed E-state index contributed by atoms with van der Waals surface area (Å²) in [5, 5.41) is 0. The van der Waals surface area contributed by atoms with Gasteiger partial charge in [-0.3, -0.25) is 0 Å². The lowest BCUT2D eigenvalue weighted by Gasteiger charge is -1.84. The normalized spacial score (nSPS) is 10.5. The molecule has 0 spiro atoms. The van der Waals surface area contributed by atoms with Gasteiger partial charge in [-0.1, -0.05) is 12.7 Å². The molecule has 0 aliphatic heterocycles. The predicted molar refractivity (Wildman–Crippen MR) is 46.9 cm³/mol. The lowest BCUT2D eigenvalue weighted by Crippen LogP contribution is -1.70. The van der Waals surface area contributed by atoms with E-state index in [9.17, 15) is 0 Å². The fourth-order valence-electron chi connectivity index (χ4n) is 0.693. The summed E-state index contributed by atoms with van der Waals surface area (Å²) in [7, 11) is 0. The van der Waals surface area contributed by atoms with Crippen LogP contribution in [-0.4, -0.2) is 4.98 Å². The number of hydrogen-bond donors (Lipinski definition) is 0. The summed E-state index contributed by atoms with van der Waals surface area (Å²) in [6.07, 6.45) is 5.81. The number of hydrogen-bond acceptors (Lipinski definition) is 2. The van der Waals surface area contributed by atoms with Crippen LogP contribution in [0.2, 0.25) is 0 Å². The van der Waals surface area contributed by atoms with E-state index < -0.39 is 0 Å². The van der Waals surface area contributed by atoms with E-state index in [0.717, 1.165) is 5.69 Å². The molecule has 1 nitrogen and oxygen atoms in total. The minimum Gasteiger partial charge on any atom is -0.245 e. The van der Waals surface area contributed by atoms with Crippen LogP contribution in [0.3, 0.4) is 0 Å². The van der Waals surface area contributed by atoms with E-state index in [1.54, 1.807) is 17.4 Å². The molecule has 2 heteroatoms. The third-order valence-corrected chi connectivity index (χ3v) is 1.95. The van der Waals surface area contributed by atoms with Crippen LogP contribution in [0.25, 0.3) is 12.2 Å². The van der Waals surface area contributed by atoms with E-state index in [-0.39, 0.29) is 0 Å². The number of allylic oxidation sites excluding steroid dienone is 1. The van der Waals surface area contributed by atoms with Crippen LogP contribution in [0.4, 0.5) is 0 Å². The first kappa shape index (κ1) is 7.22. The van der Waals surface area contributed by atoms with Gasteiger partial charge < -0.3 is 0 Å². The lowest BCUT2D eigenvalue weighted by molar-refractivity contribution is 1.38. The summed E-state index contributed by atoms with van der Waals surface area (Å²) < 4.78 is 0. The molecule has 0 fully saturated rings. The summed E-state index contributed by atoms with van der Waals surface area (Å²) >= 11 is 1.63. The quantitative estimate of drug-likeness (QED) is 0.633. The molecule has 0 aliphatic rings. The maximum Gasteiger partial charge on any atom is 0.0805 e. The second-order valence-electron chi connectivity index (χ2n) is 1.81. The van der Waals surface area contributed by atoms with Crippen LogP contribution in [-0.2, 0) is 0 Å². The monoisotopic (exact) mass is 151 g/mol. The molecule has 1 aromatic heterocycles. The maximum atomic E-state index is 4.10. The molecule has 52 valence electrons. The summed E-state index contributed by atoms with van der Waals surface area (Å²) in [5.74, 6) is 0. The number of thiazole rings is 1. The largest absolute Gasteiger partial charge is 0.245 e. The second kappa shape index (κ2) is 3.32. The Morgan fingerprint density at radius 2 is 2.50 bits per heavy atom. The number of rotatable bonds is 2. The van der Waals surface area contributed by atoms with Crippen LogP contribution >= 0.6 is 11.3 Å². The van der Waals surface area contributed by atoms with E-state index in [0.29, 0.717) is 0 Å². The van der Waals surface area contributed by atoms with E-state index in [2.05, 4.69) is 11.6 Å². The Balaban J connectivity index is 3.00. The standard InChI is InChI=1S/C8H9NS/c1-3-5-8-7(4-2)9-6-10-8/h3-6H,2H2,1H3/b5-3-. The third-order valence-electron chi connectivity index (χ3n) is 1.14. The average molecular weight is 151 g/mol. The highest BCUT2D eigenvalue weighted by molar-refractivity contribution is 7.10. The molecule has 0 atom stereocenters. The highest BCUT2D eigenvalue weighted by atomic mass is 32.1. The van der Waals surface area contributed by atoms with Gasteiger partial charge in [-0.05, 0) is 19.1 Å². The zero-order chi connectivity index (χ0) is 7.40. The molecule has 0 N–H and O–H groups in total. The van der Waals surface area contributed by atoms with Crippen molar-refractivity contribution in [2.75, 3.05) is 0 Å². The van der Waals surface area contributed by atoms with Gasteiger partial charge >= 0.3 is 0 Å². The van der Waals surface area contributed by atoms with E-state index in [4.69, 9.17) is 0 Å². The van der Waals surface area contributed by atoms with Gasteiger partial charge in [0, 0.05) is 0 Å². The van der Waals surface area contributed by atoms with Gasteiger partial charge in [0.25, 0.3) is 0 Å². The summed E-state index contributed by atoms with van der Waals surface area (Å²) in [6, 6.07) is 0. The molecule has 0 saturated carbocycles. The van der Waals surface area contributed by atoms with Gasteiger partial charge in [0.15, 0.2) is 0 Å². The molecule has 0 radical (unpaired) electrons. The zero-order valence-electron chi connectivity index (χ0n) is 5.87. The van der Waals surface area contributed by atoms with Crippen molar-refractivity contribution in [3.05, 3.63) is 28.7 Å². The number of aromatic nitrogens is 1. The highest BCUT2D eigenvalue weighted by Gasteiger charge is 1.95. The molecule has 0 aliphatic carbocycles. The SMILES string of the molecule is C=Cc1ncsc1/C=C\C. The zero-order valence-corrected chi connectivity index (χ0v) is 6.69. The van der Waals surface area contributed by atoms with Gasteiger partial charge in [0.05, 0.1) is 16.1 Å². The maximum absolute atomic E-state index is 4.10. The molecule has 1 aromatic rings. The first-order chi connectivity index (χ1) is 4.88. The van der Waals surface area contributed by atoms with Crippen molar-refractivity contribution in [1.29, 1.82) is 0 Å². The van der Waals surface area contributed by atoms with Crippen molar-refractivity contribution in [2.45, 2.75) is 6.92 Å². The van der Waals surface area contributed by atoms with Gasteiger partial charge in [-0.25, -0.2) is 4.98 Å². The van der Waals surface area contributed by atoms with Crippen molar-refractivity contribution in [3.63, 3.8) is 0 Å². The van der Waals surface area contributed by atoms with Gasteiger partial charge in [-0.15, -0.1) is 11.3 Å². The van der Waals surface area contributed by atoms with Crippen LogP contribution in [0, 0.1) is 0 Å². The molecule has 0 unspecified atom stereocenters. The molecular formula is C8H9NS. The second-order valence-corrected chi connectivity index (χ2v) is 2.69. The molecule has 0 saturated heterocycles. The molecule has 0 aromatic carbocycles. The van der Waals surface area contributed by atoms with Gasteiger partial charge in [-0.2, -0.15) is 0 Å². The molecule has 0 amide bonds. The summed E-state index contributed by atoms with van der Waals surface area (Å²) in [6.45, 7) is 5.65. The molecule has 1 heterocycles. The van der Waals surface area contributed by atoms with Crippen molar-refractivity contribution < 1.29 is 0 Å². The van der Waals surface area contributed by atoms with Crippen molar-refractivity contribution in [2.24, 2.45) is 0 Å². The Kier molecular flexibility index (Phi) is 2.40. The summed E-state index contributed by atoms with van der Waals surface area (Å²) in [5.41, 5.74) is 2.80. The van der Waals surface area contributed by atoms with Crippen LogP contribution in [0.15, 0.2) is 18.2 Å². The Morgan fingerprint density at radius 3 is 3.10 bits per heavy atom. The lowest BCUT2D eigenvalue weighted by atomic mass is 10.3. The molecule has 0 bridgehead atoms. The van der Waals surface area contributed by atoms with Crippen LogP contribution < -0.4 is 0 Å². The van der Waals surface area contributed by atoms with Crippen molar-refractivity contribution >= 4 is 23.5 Å². The first-order valence-electron chi connectivity index (χ1n) is 3.07. The number of nitrogens with zero attached hydrogens (tertiary/aromatic N) is 1. The van der Waals surface area contributed by atoms with Gasteiger partial charge in [0.1, 0.15) is 0 Å². The Bertz CT molecular complexity index is 248. The Labute approximate surface area is 64.7 Å². The smallest absolute Gasteiger partial charge is 0.0805 e. The first-order valence-corrected chi connectivity index (χ1v) is 3.95. The fraction of sp³-hybridized carbons (Fsp3) is 0.125. The van der Waals surface area contributed by atoms with Crippen molar-refractivity contribution in [3.8, 4) is 0 Å². The molecule has 10 heavy (non-hydrogen) atoms. The molecule has 1 rings (SSSR count). The molecular weight excluding hydrogens is 142 g/mol. The summed E-state index contributed by atoms with van der Waals surface area (Å²) in [4.78, 5) is 5.28. The minimum absolute atomic E-state index is 0.975. The van der Waals surface area contributed by atoms with Crippen LogP contribution in [0.1, 0.15) is 17.5 Å².